The fourth-order valence-electron chi connectivity index (χ4n) is 1.66. The van der Waals surface area contributed by atoms with Crippen LogP contribution >= 0.6 is 22.9 Å². The molecule has 1 heterocycles. The van der Waals surface area contributed by atoms with E-state index in [1.807, 2.05) is 18.4 Å². The summed E-state index contributed by atoms with van der Waals surface area (Å²) in [6.45, 7) is 2.09. The fourth-order valence-corrected chi connectivity index (χ4v) is 4.01. The maximum absolute atomic E-state index is 12.3. The predicted molar refractivity (Wildman–Crippen MR) is 81.9 cm³/mol. The van der Waals surface area contributed by atoms with Crippen molar-refractivity contribution in [2.24, 2.45) is 0 Å². The van der Waals surface area contributed by atoms with E-state index in [9.17, 15) is 8.42 Å². The van der Waals surface area contributed by atoms with Gasteiger partial charge in [0.1, 0.15) is 4.90 Å². The van der Waals surface area contributed by atoms with Gasteiger partial charge in [0.25, 0.3) is 0 Å². The number of rotatable bonds is 5. The van der Waals surface area contributed by atoms with E-state index in [0.29, 0.717) is 0 Å². The van der Waals surface area contributed by atoms with Gasteiger partial charge in [0.05, 0.1) is 21.7 Å². The van der Waals surface area contributed by atoms with Gasteiger partial charge in [0.15, 0.2) is 0 Å². The van der Waals surface area contributed by atoms with Gasteiger partial charge in [-0.3, -0.25) is 0 Å². The van der Waals surface area contributed by atoms with Crippen LogP contribution in [0.15, 0.2) is 34.7 Å². The van der Waals surface area contributed by atoms with Crippen LogP contribution in [0.2, 0.25) is 5.02 Å². The van der Waals surface area contributed by atoms with Gasteiger partial charge in [-0.05, 0) is 18.2 Å². The Kier molecular flexibility index (Phi) is 4.96. The van der Waals surface area contributed by atoms with Crippen molar-refractivity contribution < 1.29 is 8.42 Å². The largest absolute Gasteiger partial charge is 0.249 e. The molecule has 8 heteroatoms. The molecule has 0 saturated carbocycles. The normalized spacial score (nSPS) is 12.8. The third-order valence-electron chi connectivity index (χ3n) is 2.80. The molecular weight excluding hydrogens is 330 g/mol. The number of nitrogens with zero attached hydrogens (tertiary/aromatic N) is 2. The molecule has 0 spiro atoms. The first-order chi connectivity index (χ1) is 9.94. The van der Waals surface area contributed by atoms with Crippen molar-refractivity contribution in [3.8, 4) is 6.07 Å². The van der Waals surface area contributed by atoms with Crippen LogP contribution < -0.4 is 4.72 Å². The standard InChI is InChI=1S/C13H12ClN3O2S2/c1-9(13-16-4-5-20-13)8-17-21(18,19)12-6-10(7-15)2-3-11(12)14/h2-6,9,17H,8H2,1H3. The maximum Gasteiger partial charge on any atom is 0.242 e. The minimum atomic E-state index is -3.77. The molecular formula is C13H12ClN3O2S2. The minimum Gasteiger partial charge on any atom is -0.249 e. The van der Waals surface area contributed by atoms with Gasteiger partial charge in [-0.1, -0.05) is 18.5 Å². The van der Waals surface area contributed by atoms with Crippen molar-refractivity contribution in [1.82, 2.24) is 9.71 Å². The molecule has 1 aromatic heterocycles. The van der Waals surface area contributed by atoms with Crippen LogP contribution in [-0.4, -0.2) is 19.9 Å². The van der Waals surface area contributed by atoms with Crippen LogP contribution in [0.25, 0.3) is 0 Å². The van der Waals surface area contributed by atoms with Crippen LogP contribution in [0.4, 0.5) is 0 Å². The summed E-state index contributed by atoms with van der Waals surface area (Å²) in [5.74, 6) is -0.0438. The number of hydrogen-bond acceptors (Lipinski definition) is 5. The average Bonchev–Trinajstić information content (AvgIpc) is 2.99. The van der Waals surface area contributed by atoms with Crippen LogP contribution in [0.5, 0.6) is 0 Å². The van der Waals surface area contributed by atoms with Crippen LogP contribution in [0.3, 0.4) is 0 Å². The lowest BCUT2D eigenvalue weighted by Gasteiger charge is -2.12. The molecule has 1 aromatic carbocycles. The smallest absolute Gasteiger partial charge is 0.242 e. The Balaban J connectivity index is 2.17. The van der Waals surface area contributed by atoms with E-state index in [2.05, 4.69) is 9.71 Å². The Labute approximate surface area is 132 Å². The minimum absolute atomic E-state index is 0.0438. The number of nitrogens with one attached hydrogen (secondary N) is 1. The van der Waals surface area contributed by atoms with Crippen molar-refractivity contribution >= 4 is 33.0 Å². The van der Waals surface area contributed by atoms with Gasteiger partial charge >= 0.3 is 0 Å². The molecule has 5 nitrogen and oxygen atoms in total. The summed E-state index contributed by atoms with van der Waals surface area (Å²) < 4.78 is 27.0. The zero-order valence-electron chi connectivity index (χ0n) is 11.1. The second-order valence-electron chi connectivity index (χ2n) is 4.38. The van der Waals surface area contributed by atoms with Crippen molar-refractivity contribution in [2.75, 3.05) is 6.54 Å². The topological polar surface area (TPSA) is 82.9 Å². The van der Waals surface area contributed by atoms with Crippen molar-refractivity contribution in [2.45, 2.75) is 17.7 Å². The van der Waals surface area contributed by atoms with Gasteiger partial charge in [0.2, 0.25) is 10.0 Å². The monoisotopic (exact) mass is 341 g/mol. The quantitative estimate of drug-likeness (QED) is 0.906. The Morgan fingerprint density at radius 3 is 2.90 bits per heavy atom. The van der Waals surface area contributed by atoms with Gasteiger partial charge in [-0.2, -0.15) is 5.26 Å². The summed E-state index contributed by atoms with van der Waals surface area (Å²) in [5, 5.41) is 11.6. The fraction of sp³-hybridized carbons (Fsp3) is 0.231. The third-order valence-corrected chi connectivity index (χ3v) is 5.71. The molecule has 0 aliphatic carbocycles. The van der Waals surface area contributed by atoms with Gasteiger partial charge < -0.3 is 0 Å². The number of nitriles is 1. The number of thiazole rings is 1. The highest BCUT2D eigenvalue weighted by Gasteiger charge is 2.20. The summed E-state index contributed by atoms with van der Waals surface area (Å²) >= 11 is 7.39. The predicted octanol–water partition coefficient (Wildman–Crippen LogP) is 2.75. The average molecular weight is 342 g/mol. The molecule has 0 fully saturated rings. The first-order valence-electron chi connectivity index (χ1n) is 6.02. The van der Waals surface area contributed by atoms with Gasteiger partial charge in [-0.15, -0.1) is 11.3 Å². The second kappa shape index (κ2) is 6.54. The molecule has 1 N–H and O–H groups in total. The first kappa shape index (κ1) is 15.9. The zero-order valence-corrected chi connectivity index (χ0v) is 13.5. The Bertz CT molecular complexity index is 767. The number of hydrogen-bond donors (Lipinski definition) is 1. The highest BCUT2D eigenvalue weighted by molar-refractivity contribution is 7.89. The molecule has 0 radical (unpaired) electrons. The summed E-state index contributed by atoms with van der Waals surface area (Å²) in [7, 11) is -3.77. The van der Waals surface area contributed by atoms with E-state index < -0.39 is 10.0 Å². The first-order valence-corrected chi connectivity index (χ1v) is 8.77. The van der Waals surface area contributed by atoms with E-state index in [0.717, 1.165) is 5.01 Å². The molecule has 0 aliphatic heterocycles. The lowest BCUT2D eigenvalue weighted by Crippen LogP contribution is -2.28. The van der Waals surface area contributed by atoms with E-state index in [4.69, 9.17) is 16.9 Å². The van der Waals surface area contributed by atoms with Crippen LogP contribution in [-0.2, 0) is 10.0 Å². The van der Waals surface area contributed by atoms with E-state index in [1.165, 1.54) is 29.5 Å². The SMILES string of the molecule is CC(CNS(=O)(=O)c1cc(C#N)ccc1Cl)c1nccs1. The van der Waals surface area contributed by atoms with E-state index >= 15 is 0 Å². The zero-order chi connectivity index (χ0) is 15.5. The molecule has 1 unspecified atom stereocenters. The van der Waals surface area contributed by atoms with Crippen LogP contribution in [0.1, 0.15) is 23.4 Å². The summed E-state index contributed by atoms with van der Waals surface area (Å²) in [6.07, 6.45) is 1.68. The van der Waals surface area contributed by atoms with Gasteiger partial charge in [0, 0.05) is 24.0 Å². The molecule has 21 heavy (non-hydrogen) atoms. The van der Waals surface area contributed by atoms with Crippen LogP contribution in [0, 0.1) is 11.3 Å². The second-order valence-corrected chi connectivity index (χ2v) is 7.45. The highest BCUT2D eigenvalue weighted by Crippen LogP contribution is 2.23. The lowest BCUT2D eigenvalue weighted by atomic mass is 10.2. The van der Waals surface area contributed by atoms with Crippen molar-refractivity contribution in [3.63, 3.8) is 0 Å². The molecule has 110 valence electrons. The Morgan fingerprint density at radius 1 is 1.52 bits per heavy atom. The van der Waals surface area contributed by atoms with Crippen molar-refractivity contribution in [3.05, 3.63) is 45.4 Å². The number of sulfonamides is 1. The van der Waals surface area contributed by atoms with E-state index in [1.54, 1.807) is 6.20 Å². The number of aromatic nitrogens is 1. The maximum atomic E-state index is 12.3. The Morgan fingerprint density at radius 2 is 2.29 bits per heavy atom. The summed E-state index contributed by atoms with van der Waals surface area (Å²) in [6, 6.07) is 6.03. The summed E-state index contributed by atoms with van der Waals surface area (Å²) in [5.41, 5.74) is 0.243. The van der Waals surface area contributed by atoms with E-state index in [-0.39, 0.29) is 27.9 Å². The highest BCUT2D eigenvalue weighted by atomic mass is 35.5. The summed E-state index contributed by atoms with van der Waals surface area (Å²) in [4.78, 5) is 4.06. The molecule has 0 aliphatic rings. The molecule has 2 rings (SSSR count). The molecule has 0 amide bonds. The molecule has 0 bridgehead atoms. The lowest BCUT2D eigenvalue weighted by molar-refractivity contribution is 0.574. The molecule has 2 aromatic rings. The molecule has 0 saturated heterocycles. The third kappa shape index (κ3) is 3.80. The number of benzene rings is 1. The Hall–Kier alpha value is -1.46. The number of halogens is 1. The van der Waals surface area contributed by atoms with Crippen molar-refractivity contribution in [1.29, 1.82) is 5.26 Å². The van der Waals surface area contributed by atoms with Gasteiger partial charge in [-0.25, -0.2) is 18.1 Å². The molecule has 1 atom stereocenters.